The summed E-state index contributed by atoms with van der Waals surface area (Å²) in [5.41, 5.74) is 0.0587. The van der Waals surface area contributed by atoms with Gasteiger partial charge in [0.15, 0.2) is 0 Å². The molecule has 0 radical (unpaired) electrons. The average molecular weight is 331 g/mol. The van der Waals surface area contributed by atoms with Gasteiger partial charge in [0.1, 0.15) is 0 Å². The van der Waals surface area contributed by atoms with Gasteiger partial charge in [-0.25, -0.2) is 0 Å². The lowest BCUT2D eigenvalue weighted by Gasteiger charge is -2.26. The molecule has 0 saturated heterocycles. The quantitative estimate of drug-likeness (QED) is 0.842. The van der Waals surface area contributed by atoms with Crippen molar-refractivity contribution in [2.24, 2.45) is 5.41 Å². The van der Waals surface area contributed by atoms with Gasteiger partial charge < -0.3 is 5.11 Å². The van der Waals surface area contributed by atoms with Crippen molar-refractivity contribution >= 4 is 33.2 Å². The number of rotatable bonds is 5. The molecule has 2 nitrogen and oxygen atoms in total. The molecule has 1 aromatic rings. The maximum absolute atomic E-state index is 11.0. The molecule has 0 aromatic carbocycles. The number of thiophene rings is 1. The smallest absolute Gasteiger partial charge is 0.303 e. The third kappa shape index (κ3) is 3.35. The summed E-state index contributed by atoms with van der Waals surface area (Å²) >= 11 is 5.41. The van der Waals surface area contributed by atoms with E-state index in [1.54, 1.807) is 0 Å². The van der Waals surface area contributed by atoms with Crippen LogP contribution in [0.3, 0.4) is 0 Å². The molecule has 4 heteroatoms. The molecule has 0 bridgehead atoms. The van der Waals surface area contributed by atoms with E-state index in [-0.39, 0.29) is 5.41 Å². The second-order valence-corrected chi connectivity index (χ2v) is 7.60. The summed E-state index contributed by atoms with van der Waals surface area (Å²) in [5, 5.41) is 9.09. The standard InChI is InChI=1S/C14H19BrO2S/c1-10-8-11(15)12(18-10)4-7-14(9-13(16)17)5-2-3-6-14/h8H,2-7,9H2,1H3,(H,16,17). The van der Waals surface area contributed by atoms with E-state index in [1.807, 2.05) is 11.3 Å². The SMILES string of the molecule is Cc1cc(Br)c(CCC2(CC(=O)O)CCCC2)s1. The molecule has 1 heterocycles. The highest BCUT2D eigenvalue weighted by atomic mass is 79.9. The summed E-state index contributed by atoms with van der Waals surface area (Å²) in [6.07, 6.45) is 6.91. The Labute approximate surface area is 121 Å². The number of carbonyl (C=O) groups is 1. The molecule has 1 saturated carbocycles. The molecule has 18 heavy (non-hydrogen) atoms. The minimum absolute atomic E-state index is 0.0587. The van der Waals surface area contributed by atoms with Crippen LogP contribution >= 0.6 is 27.3 Å². The molecule has 1 N–H and O–H groups in total. The van der Waals surface area contributed by atoms with Crippen LogP contribution in [0.25, 0.3) is 0 Å². The summed E-state index contributed by atoms with van der Waals surface area (Å²) in [7, 11) is 0. The van der Waals surface area contributed by atoms with E-state index in [2.05, 4.69) is 28.9 Å². The van der Waals surface area contributed by atoms with Crippen molar-refractivity contribution < 1.29 is 9.90 Å². The van der Waals surface area contributed by atoms with Crippen LogP contribution in [0.15, 0.2) is 10.5 Å². The number of aryl methyl sites for hydroxylation is 2. The van der Waals surface area contributed by atoms with Crippen molar-refractivity contribution in [3.63, 3.8) is 0 Å². The zero-order chi connectivity index (χ0) is 13.2. The predicted molar refractivity (Wildman–Crippen MR) is 78.2 cm³/mol. The topological polar surface area (TPSA) is 37.3 Å². The van der Waals surface area contributed by atoms with E-state index < -0.39 is 5.97 Å². The largest absolute Gasteiger partial charge is 0.481 e. The Kier molecular flexibility index (Phi) is 4.49. The molecule has 0 spiro atoms. The summed E-state index contributed by atoms with van der Waals surface area (Å²) in [6.45, 7) is 2.11. The van der Waals surface area contributed by atoms with Gasteiger partial charge in [-0.1, -0.05) is 12.8 Å². The second-order valence-electron chi connectivity index (χ2n) is 5.41. The van der Waals surface area contributed by atoms with Crippen molar-refractivity contribution in [3.8, 4) is 0 Å². The van der Waals surface area contributed by atoms with Gasteiger partial charge in [0, 0.05) is 14.2 Å². The van der Waals surface area contributed by atoms with Gasteiger partial charge in [0.2, 0.25) is 0 Å². The van der Waals surface area contributed by atoms with Crippen molar-refractivity contribution in [1.29, 1.82) is 0 Å². The van der Waals surface area contributed by atoms with E-state index in [1.165, 1.54) is 27.1 Å². The number of hydrogen-bond acceptors (Lipinski definition) is 2. The number of halogens is 1. The molecule has 0 aliphatic heterocycles. The first kappa shape index (κ1) is 14.1. The molecule has 2 rings (SSSR count). The van der Waals surface area contributed by atoms with Crippen LogP contribution in [0.4, 0.5) is 0 Å². The fraction of sp³-hybridized carbons (Fsp3) is 0.643. The van der Waals surface area contributed by atoms with Crippen molar-refractivity contribution in [2.45, 2.75) is 51.9 Å². The van der Waals surface area contributed by atoms with E-state index in [4.69, 9.17) is 5.11 Å². The van der Waals surface area contributed by atoms with E-state index in [9.17, 15) is 4.79 Å². The summed E-state index contributed by atoms with van der Waals surface area (Å²) in [4.78, 5) is 13.7. The van der Waals surface area contributed by atoms with Gasteiger partial charge in [-0.15, -0.1) is 11.3 Å². The van der Waals surface area contributed by atoms with Gasteiger partial charge >= 0.3 is 5.97 Å². The number of carboxylic acid groups (broad SMARTS) is 1. The molecule has 0 atom stereocenters. The first-order valence-electron chi connectivity index (χ1n) is 6.47. The van der Waals surface area contributed by atoms with Crippen LogP contribution in [0.5, 0.6) is 0 Å². The van der Waals surface area contributed by atoms with Gasteiger partial charge in [0.05, 0.1) is 6.42 Å². The summed E-state index contributed by atoms with van der Waals surface area (Å²) in [5.74, 6) is -0.640. The van der Waals surface area contributed by atoms with Crippen LogP contribution in [0.2, 0.25) is 0 Å². The lowest BCUT2D eigenvalue weighted by atomic mass is 9.78. The van der Waals surface area contributed by atoms with Crippen molar-refractivity contribution in [1.82, 2.24) is 0 Å². The Morgan fingerprint density at radius 3 is 2.67 bits per heavy atom. The zero-order valence-electron chi connectivity index (χ0n) is 10.7. The number of aliphatic carboxylic acids is 1. The first-order valence-corrected chi connectivity index (χ1v) is 8.08. The molecule has 1 aromatic heterocycles. The summed E-state index contributed by atoms with van der Waals surface area (Å²) < 4.78 is 1.19. The van der Waals surface area contributed by atoms with Crippen molar-refractivity contribution in [2.75, 3.05) is 0 Å². The Morgan fingerprint density at radius 1 is 1.50 bits per heavy atom. The minimum Gasteiger partial charge on any atom is -0.481 e. The Morgan fingerprint density at radius 2 is 2.17 bits per heavy atom. The fourth-order valence-electron chi connectivity index (χ4n) is 3.04. The van der Waals surface area contributed by atoms with E-state index >= 15 is 0 Å². The molecule has 0 unspecified atom stereocenters. The Balaban J connectivity index is 2.02. The highest BCUT2D eigenvalue weighted by molar-refractivity contribution is 9.10. The minimum atomic E-state index is -0.640. The van der Waals surface area contributed by atoms with Crippen LogP contribution in [0, 0.1) is 12.3 Å². The van der Waals surface area contributed by atoms with Gasteiger partial charge in [0.25, 0.3) is 0 Å². The third-order valence-electron chi connectivity index (χ3n) is 3.95. The molecule has 0 amide bonds. The monoisotopic (exact) mass is 330 g/mol. The molecule has 1 aliphatic rings. The van der Waals surface area contributed by atoms with Gasteiger partial charge in [-0.05, 0) is 60.0 Å². The van der Waals surface area contributed by atoms with Crippen LogP contribution in [-0.4, -0.2) is 11.1 Å². The third-order valence-corrected chi connectivity index (χ3v) is 6.03. The average Bonchev–Trinajstić information content (AvgIpc) is 2.83. The maximum Gasteiger partial charge on any atom is 0.303 e. The van der Waals surface area contributed by atoms with Crippen molar-refractivity contribution in [3.05, 3.63) is 20.3 Å². The number of hydrogen-bond donors (Lipinski definition) is 1. The molecular formula is C14H19BrO2S. The highest BCUT2D eigenvalue weighted by Gasteiger charge is 2.35. The molecule has 100 valence electrons. The van der Waals surface area contributed by atoms with E-state index in [0.717, 1.165) is 25.7 Å². The second kappa shape index (κ2) is 5.74. The zero-order valence-corrected chi connectivity index (χ0v) is 13.1. The van der Waals surface area contributed by atoms with Crippen LogP contribution < -0.4 is 0 Å². The predicted octanol–water partition coefficient (Wildman–Crippen LogP) is 4.79. The molecule has 1 aliphatic carbocycles. The Hall–Kier alpha value is -0.350. The lowest BCUT2D eigenvalue weighted by Crippen LogP contribution is -2.21. The normalized spacial score (nSPS) is 18.1. The van der Waals surface area contributed by atoms with E-state index in [0.29, 0.717) is 6.42 Å². The van der Waals surface area contributed by atoms with Crippen LogP contribution in [-0.2, 0) is 11.2 Å². The molecule has 1 fully saturated rings. The van der Waals surface area contributed by atoms with Gasteiger partial charge in [-0.3, -0.25) is 4.79 Å². The fourth-order valence-corrected chi connectivity index (χ4v) is 4.90. The number of carboxylic acids is 1. The van der Waals surface area contributed by atoms with Gasteiger partial charge in [-0.2, -0.15) is 0 Å². The Bertz CT molecular complexity index is 433. The maximum atomic E-state index is 11.0. The lowest BCUT2D eigenvalue weighted by molar-refractivity contribution is -0.139. The van der Waals surface area contributed by atoms with Crippen LogP contribution in [0.1, 0.15) is 48.3 Å². The highest BCUT2D eigenvalue weighted by Crippen LogP contribution is 2.45. The summed E-state index contributed by atoms with van der Waals surface area (Å²) in [6, 6.07) is 2.15. The first-order chi connectivity index (χ1) is 8.51. The molecular weight excluding hydrogens is 312 g/mol.